The lowest BCUT2D eigenvalue weighted by atomic mass is 10.1. The van der Waals surface area contributed by atoms with E-state index in [0.29, 0.717) is 5.69 Å². The van der Waals surface area contributed by atoms with E-state index in [1.54, 1.807) is 19.1 Å². The lowest BCUT2D eigenvalue weighted by molar-refractivity contribution is -0.119. The molecule has 0 aliphatic carbocycles. The lowest BCUT2D eigenvalue weighted by Gasteiger charge is -2.16. The molecule has 1 saturated heterocycles. The Labute approximate surface area is 152 Å². The molecule has 7 heteroatoms. The summed E-state index contributed by atoms with van der Waals surface area (Å²) in [5, 5.41) is 2.78. The molecule has 1 heterocycles. The summed E-state index contributed by atoms with van der Waals surface area (Å²) in [5.41, 5.74) is 2.28. The zero-order chi connectivity index (χ0) is 18.9. The highest BCUT2D eigenvalue weighted by molar-refractivity contribution is 7.94. The molecule has 0 saturated carbocycles. The van der Waals surface area contributed by atoms with Crippen LogP contribution in [0.15, 0.2) is 48.5 Å². The molecule has 6 nitrogen and oxygen atoms in total. The quantitative estimate of drug-likeness (QED) is 0.894. The van der Waals surface area contributed by atoms with E-state index in [9.17, 15) is 18.0 Å². The van der Waals surface area contributed by atoms with Crippen molar-refractivity contribution in [3.8, 4) is 0 Å². The molecule has 1 N–H and O–H groups in total. The number of amides is 2. The molecule has 0 aromatic heterocycles. The van der Waals surface area contributed by atoms with Crippen molar-refractivity contribution < 1.29 is 18.0 Å². The van der Waals surface area contributed by atoms with Gasteiger partial charge in [-0.3, -0.25) is 9.59 Å². The minimum absolute atomic E-state index is 0.188. The predicted octanol–water partition coefficient (Wildman–Crippen LogP) is 2.81. The van der Waals surface area contributed by atoms with E-state index in [-0.39, 0.29) is 22.9 Å². The van der Waals surface area contributed by atoms with Crippen molar-refractivity contribution >= 4 is 33.2 Å². The van der Waals surface area contributed by atoms with Gasteiger partial charge in [0.25, 0.3) is 5.91 Å². The summed E-state index contributed by atoms with van der Waals surface area (Å²) in [6, 6.07) is 13.6. The molecule has 2 amide bonds. The molecule has 1 atom stereocenters. The average molecular weight is 372 g/mol. The van der Waals surface area contributed by atoms with Gasteiger partial charge in [0.1, 0.15) is 0 Å². The molecular formula is C19H20N2O4S. The summed E-state index contributed by atoms with van der Waals surface area (Å²) in [7, 11) is -3.70. The minimum atomic E-state index is -3.70. The standard InChI is InChI=1S/C19H20N2O4S/c1-3-14-7-9-16(10-8-14)20-18(22)15-5-4-6-17(11-15)21-19(23)13(2)12-26(21,24)25/h4-11,13H,3,12H2,1-2H3,(H,20,22)/t13-/m1/s1. The SMILES string of the molecule is CCc1ccc(NC(=O)c2cccc(N3C(=O)[C@H](C)CS3(=O)=O)c2)cc1. The summed E-state index contributed by atoms with van der Waals surface area (Å²) in [6.07, 6.45) is 0.910. The van der Waals surface area contributed by atoms with Gasteiger partial charge in [-0.1, -0.05) is 32.0 Å². The van der Waals surface area contributed by atoms with Crippen LogP contribution in [0.1, 0.15) is 29.8 Å². The van der Waals surface area contributed by atoms with Gasteiger partial charge < -0.3 is 5.32 Å². The van der Waals surface area contributed by atoms with Crippen molar-refractivity contribution in [2.24, 2.45) is 5.92 Å². The molecule has 0 unspecified atom stereocenters. The van der Waals surface area contributed by atoms with Crippen LogP contribution in [0, 0.1) is 5.92 Å². The van der Waals surface area contributed by atoms with Crippen molar-refractivity contribution in [1.29, 1.82) is 0 Å². The highest BCUT2D eigenvalue weighted by atomic mass is 32.2. The number of nitrogens with one attached hydrogen (secondary N) is 1. The van der Waals surface area contributed by atoms with Crippen molar-refractivity contribution in [2.45, 2.75) is 20.3 Å². The van der Waals surface area contributed by atoms with E-state index >= 15 is 0 Å². The summed E-state index contributed by atoms with van der Waals surface area (Å²) in [6.45, 7) is 3.63. The van der Waals surface area contributed by atoms with Gasteiger partial charge in [0.2, 0.25) is 15.9 Å². The van der Waals surface area contributed by atoms with Crippen LogP contribution < -0.4 is 9.62 Å². The molecule has 0 radical (unpaired) electrons. The van der Waals surface area contributed by atoms with Crippen LogP contribution >= 0.6 is 0 Å². The number of anilines is 2. The zero-order valence-electron chi connectivity index (χ0n) is 14.6. The summed E-state index contributed by atoms with van der Waals surface area (Å²) < 4.78 is 25.2. The maximum Gasteiger partial charge on any atom is 0.255 e. The van der Waals surface area contributed by atoms with Gasteiger partial charge in [-0.15, -0.1) is 0 Å². The Bertz CT molecular complexity index is 952. The van der Waals surface area contributed by atoms with Crippen LogP contribution in [0.25, 0.3) is 0 Å². The smallest absolute Gasteiger partial charge is 0.255 e. The van der Waals surface area contributed by atoms with Gasteiger partial charge in [0.15, 0.2) is 0 Å². The first-order valence-electron chi connectivity index (χ1n) is 8.39. The summed E-state index contributed by atoms with van der Waals surface area (Å²) in [5.74, 6) is -1.65. The van der Waals surface area contributed by atoms with Gasteiger partial charge in [-0.25, -0.2) is 12.7 Å². The number of carbonyl (C=O) groups is 2. The molecule has 0 spiro atoms. The normalized spacial score (nSPS) is 18.8. The Hall–Kier alpha value is -2.67. The van der Waals surface area contributed by atoms with Crippen molar-refractivity contribution in [1.82, 2.24) is 0 Å². The van der Waals surface area contributed by atoms with Crippen LogP contribution in [-0.4, -0.2) is 26.0 Å². The number of sulfonamides is 1. The highest BCUT2D eigenvalue weighted by Crippen LogP contribution is 2.29. The molecule has 136 valence electrons. The molecule has 26 heavy (non-hydrogen) atoms. The molecular weight excluding hydrogens is 352 g/mol. The third-order valence-electron chi connectivity index (χ3n) is 4.32. The Balaban J connectivity index is 1.84. The number of carbonyl (C=O) groups excluding carboxylic acids is 2. The fourth-order valence-electron chi connectivity index (χ4n) is 2.89. The minimum Gasteiger partial charge on any atom is -0.322 e. The van der Waals surface area contributed by atoms with Gasteiger partial charge in [-0.2, -0.15) is 0 Å². The number of rotatable bonds is 4. The number of aryl methyl sites for hydroxylation is 1. The third kappa shape index (κ3) is 3.48. The maximum atomic E-state index is 12.5. The molecule has 0 bridgehead atoms. The topological polar surface area (TPSA) is 83.6 Å². The molecule has 3 rings (SSSR count). The van der Waals surface area contributed by atoms with Gasteiger partial charge in [0.05, 0.1) is 17.4 Å². The van der Waals surface area contributed by atoms with Crippen molar-refractivity contribution in [3.05, 3.63) is 59.7 Å². The lowest BCUT2D eigenvalue weighted by Crippen LogP contribution is -2.30. The third-order valence-corrected chi connectivity index (χ3v) is 6.19. The fourth-order valence-corrected chi connectivity index (χ4v) is 4.70. The summed E-state index contributed by atoms with van der Waals surface area (Å²) >= 11 is 0. The van der Waals surface area contributed by atoms with Crippen LogP contribution in [0.3, 0.4) is 0 Å². The van der Waals surface area contributed by atoms with Crippen LogP contribution in [0.5, 0.6) is 0 Å². The van der Waals surface area contributed by atoms with Crippen LogP contribution in [0.2, 0.25) is 0 Å². The molecule has 2 aromatic rings. The second kappa shape index (κ2) is 6.92. The number of benzene rings is 2. The second-order valence-electron chi connectivity index (χ2n) is 6.34. The first-order valence-corrected chi connectivity index (χ1v) is 10.00. The van der Waals surface area contributed by atoms with Crippen LogP contribution in [0.4, 0.5) is 11.4 Å². The second-order valence-corrected chi connectivity index (χ2v) is 8.20. The fraction of sp³-hybridized carbons (Fsp3) is 0.263. The Morgan fingerprint density at radius 1 is 1.19 bits per heavy atom. The van der Waals surface area contributed by atoms with E-state index < -0.39 is 21.8 Å². The maximum absolute atomic E-state index is 12.5. The van der Waals surface area contributed by atoms with E-state index in [1.165, 1.54) is 12.1 Å². The number of hydrogen-bond acceptors (Lipinski definition) is 4. The van der Waals surface area contributed by atoms with E-state index in [1.807, 2.05) is 31.2 Å². The van der Waals surface area contributed by atoms with E-state index in [2.05, 4.69) is 5.32 Å². The Kier molecular flexibility index (Phi) is 4.82. The van der Waals surface area contributed by atoms with E-state index in [0.717, 1.165) is 16.3 Å². The highest BCUT2D eigenvalue weighted by Gasteiger charge is 2.42. The molecule has 1 aliphatic heterocycles. The van der Waals surface area contributed by atoms with Crippen molar-refractivity contribution in [3.63, 3.8) is 0 Å². The van der Waals surface area contributed by atoms with Crippen LogP contribution in [-0.2, 0) is 21.2 Å². The zero-order valence-corrected chi connectivity index (χ0v) is 15.4. The number of hydrogen-bond donors (Lipinski definition) is 1. The Morgan fingerprint density at radius 3 is 2.46 bits per heavy atom. The molecule has 1 aliphatic rings. The molecule has 2 aromatic carbocycles. The Morgan fingerprint density at radius 2 is 1.88 bits per heavy atom. The van der Waals surface area contributed by atoms with Gasteiger partial charge in [-0.05, 0) is 42.3 Å². The summed E-state index contributed by atoms with van der Waals surface area (Å²) in [4.78, 5) is 24.7. The van der Waals surface area contributed by atoms with Gasteiger partial charge in [0, 0.05) is 11.3 Å². The van der Waals surface area contributed by atoms with Crippen molar-refractivity contribution in [2.75, 3.05) is 15.4 Å². The van der Waals surface area contributed by atoms with Gasteiger partial charge >= 0.3 is 0 Å². The monoisotopic (exact) mass is 372 g/mol. The average Bonchev–Trinajstić information content (AvgIpc) is 2.82. The predicted molar refractivity (Wildman–Crippen MR) is 101 cm³/mol. The molecule has 1 fully saturated rings. The first-order chi connectivity index (χ1) is 12.3. The largest absolute Gasteiger partial charge is 0.322 e. The first kappa shape index (κ1) is 18.1. The number of nitrogens with zero attached hydrogens (tertiary/aromatic N) is 1. The van der Waals surface area contributed by atoms with E-state index in [4.69, 9.17) is 0 Å².